The van der Waals surface area contributed by atoms with E-state index in [0.29, 0.717) is 0 Å². The lowest BCUT2D eigenvalue weighted by molar-refractivity contribution is 0.669. The monoisotopic (exact) mass is 1270 g/mol. The highest BCUT2D eigenvalue weighted by molar-refractivity contribution is 7.05. The molecule has 6 aliphatic heterocycles. The Kier molecular flexibility index (Phi) is 11.8. The Hall–Kier alpha value is -11.9. The highest BCUT2D eigenvalue weighted by Crippen LogP contribution is 2.52. The van der Waals surface area contributed by atoms with Crippen LogP contribution in [0.2, 0.25) is 19.6 Å². The average Bonchev–Trinajstić information content (AvgIpc) is 0.710. The Bertz CT molecular complexity index is 5640. The van der Waals surface area contributed by atoms with E-state index in [-0.39, 0.29) is 20.1 Å². The lowest BCUT2D eigenvalue weighted by atomic mass is 9.29. The Morgan fingerprint density at radius 2 is 0.561 bits per heavy atom. The fourth-order valence-electron chi connectivity index (χ4n) is 17.5. The SMILES string of the molecule is C[Si](C)(C)c1cc2c3c(c1)N(c1ccccc1)c1c(ccc4c1oc1ccccc14)B3c1ccc3c(oc4ccccc43)c1N2c1ccccc1.c1ccc(N2c3ccccc3B3c4ccccc4N4c5ccccc5B5c6ccccc6N(c6ccccc6)c6cc2c3c4c65)cc1. The van der Waals surface area contributed by atoms with Gasteiger partial charge < -0.3 is 33.3 Å². The third-order valence-electron chi connectivity index (χ3n) is 21.6. The smallest absolute Gasteiger partial charge is 0.252 e. The standard InChI is InChI=1S/C45H33BN2O2Si.C42H27B2N3/c1-51(2,3)30-26-37-41-38(27-30)48(29-16-8-5-9-17-29)43-36(25-23-34-32-19-11-13-21-40(32)50-45(34)43)46(41)35-24-22-33-31-18-10-12-20-39(31)49-44(33)42(35)47(37)28-14-6-4-7-15-28;1-3-15-28(16-4-1)45-34-23-11-7-19-30(34)43-32-21-9-13-25-36(32)47-37-26-14-10-22-33(37)44-31-20-8-12-24-35(31)46(29-17-5-2-6-18-29)39-27-38(45)40(43)42(47)41(39)44/h4-27H,1-3H3;1-27H. The Labute approximate surface area is 570 Å². The zero-order valence-electron chi connectivity index (χ0n) is 54.2. The van der Waals surface area contributed by atoms with Crippen LogP contribution in [0.3, 0.4) is 0 Å². The molecular formula is C87H60B3N5O2Si. The maximum absolute atomic E-state index is 6.88. The quantitative estimate of drug-likeness (QED) is 0.159. The van der Waals surface area contributed by atoms with Crippen LogP contribution in [0.15, 0.2) is 318 Å². The van der Waals surface area contributed by atoms with Gasteiger partial charge in [0.1, 0.15) is 11.2 Å². The van der Waals surface area contributed by atoms with E-state index in [9.17, 15) is 0 Å². The van der Waals surface area contributed by atoms with Crippen LogP contribution in [0, 0.1) is 0 Å². The zero-order valence-corrected chi connectivity index (χ0v) is 55.2. The predicted molar refractivity (Wildman–Crippen MR) is 418 cm³/mol. The topological polar surface area (TPSA) is 42.5 Å². The number of hydrogen-bond acceptors (Lipinski definition) is 7. The third-order valence-corrected chi connectivity index (χ3v) is 23.6. The fraction of sp³-hybridized carbons (Fsp3) is 0.0345. The van der Waals surface area contributed by atoms with Crippen LogP contribution in [0.1, 0.15) is 0 Å². The fourth-order valence-corrected chi connectivity index (χ4v) is 18.7. The summed E-state index contributed by atoms with van der Waals surface area (Å²) in [6.45, 7) is 7.51. The molecule has 0 atom stereocenters. The molecule has 0 saturated heterocycles. The molecule has 8 heterocycles. The van der Waals surface area contributed by atoms with Crippen LogP contribution in [-0.4, -0.2) is 28.2 Å². The van der Waals surface area contributed by atoms with E-state index >= 15 is 0 Å². The number of para-hydroxylation sites is 10. The highest BCUT2D eigenvalue weighted by Gasteiger charge is 2.52. The molecule has 0 bridgehead atoms. The first kappa shape index (κ1) is 55.4. The van der Waals surface area contributed by atoms with Crippen molar-refractivity contribution in [2.24, 2.45) is 0 Å². The number of rotatable bonds is 5. The van der Waals surface area contributed by atoms with Gasteiger partial charge in [-0.3, -0.25) is 0 Å². The van der Waals surface area contributed by atoms with Gasteiger partial charge in [0.05, 0.1) is 19.4 Å². The maximum Gasteiger partial charge on any atom is 0.252 e. The molecule has 0 radical (unpaired) electrons. The molecule has 6 aliphatic rings. The molecule has 0 N–H and O–H groups in total. The number of nitrogens with zero attached hydrogens (tertiary/aromatic N) is 5. The van der Waals surface area contributed by atoms with Crippen molar-refractivity contribution in [3.8, 4) is 0 Å². The minimum absolute atomic E-state index is 0.0502. The van der Waals surface area contributed by atoms with Crippen molar-refractivity contribution >= 4 is 212 Å². The van der Waals surface area contributed by atoms with Gasteiger partial charge in [0.15, 0.2) is 11.2 Å². The summed E-state index contributed by atoms with van der Waals surface area (Å²) in [6, 6.07) is 113. The van der Waals surface area contributed by atoms with Gasteiger partial charge in [-0.25, -0.2) is 0 Å². The van der Waals surface area contributed by atoms with Gasteiger partial charge >= 0.3 is 0 Å². The van der Waals surface area contributed by atoms with Gasteiger partial charge in [-0.05, 0) is 152 Å². The number of anilines is 15. The highest BCUT2D eigenvalue weighted by atomic mass is 28.3. The van der Waals surface area contributed by atoms with Crippen molar-refractivity contribution in [1.82, 2.24) is 0 Å². The van der Waals surface area contributed by atoms with E-state index < -0.39 is 8.07 Å². The third kappa shape index (κ3) is 7.73. The van der Waals surface area contributed by atoms with E-state index in [1.54, 1.807) is 0 Å². The lowest BCUT2D eigenvalue weighted by Crippen LogP contribution is -2.68. The molecule has 0 saturated carbocycles. The minimum Gasteiger partial charge on any atom is -0.454 e. The molecule has 0 fully saturated rings. The molecule has 98 heavy (non-hydrogen) atoms. The summed E-state index contributed by atoms with van der Waals surface area (Å²) < 4.78 is 13.8. The molecule has 2 aromatic heterocycles. The second kappa shape index (κ2) is 20.8. The molecule has 11 heteroatoms. The summed E-state index contributed by atoms with van der Waals surface area (Å²) in [4.78, 5) is 12.6. The Balaban J connectivity index is 0.000000130. The van der Waals surface area contributed by atoms with Crippen molar-refractivity contribution in [2.75, 3.05) is 24.5 Å². The molecule has 22 rings (SSSR count). The molecule has 0 aliphatic carbocycles. The van der Waals surface area contributed by atoms with Crippen LogP contribution in [-0.2, 0) is 0 Å². The molecule has 458 valence electrons. The van der Waals surface area contributed by atoms with Crippen LogP contribution in [0.4, 0.5) is 85.3 Å². The zero-order chi connectivity index (χ0) is 64.6. The first-order valence-corrected chi connectivity index (χ1v) is 37.7. The van der Waals surface area contributed by atoms with Gasteiger partial charge in [0.2, 0.25) is 0 Å². The Morgan fingerprint density at radius 1 is 0.245 bits per heavy atom. The van der Waals surface area contributed by atoms with Crippen molar-refractivity contribution < 1.29 is 8.83 Å². The maximum atomic E-state index is 6.88. The van der Waals surface area contributed by atoms with E-state index in [4.69, 9.17) is 8.83 Å². The van der Waals surface area contributed by atoms with Crippen molar-refractivity contribution in [3.63, 3.8) is 0 Å². The summed E-state index contributed by atoms with van der Waals surface area (Å²) in [5.74, 6) is 0. The first-order chi connectivity index (χ1) is 48.3. The molecule has 0 unspecified atom stereocenters. The summed E-state index contributed by atoms with van der Waals surface area (Å²) in [5.41, 5.74) is 33.6. The molecule has 16 aromatic rings. The van der Waals surface area contributed by atoms with Gasteiger partial charge in [-0.2, -0.15) is 0 Å². The van der Waals surface area contributed by atoms with Gasteiger partial charge in [-0.1, -0.05) is 231 Å². The van der Waals surface area contributed by atoms with Crippen molar-refractivity contribution in [2.45, 2.75) is 19.6 Å². The second-order valence-corrected chi connectivity index (χ2v) is 32.9. The van der Waals surface area contributed by atoms with E-state index in [2.05, 4.69) is 354 Å². The summed E-state index contributed by atoms with van der Waals surface area (Å²) in [7, 11) is -1.84. The number of fused-ring (bicyclic) bond motifs is 22. The normalized spacial score (nSPS) is 13.9. The lowest BCUT2D eigenvalue weighted by Gasteiger charge is -2.51. The summed E-state index contributed by atoms with van der Waals surface area (Å²) in [6.07, 6.45) is 0. The van der Waals surface area contributed by atoms with Crippen molar-refractivity contribution in [1.29, 1.82) is 0 Å². The van der Waals surface area contributed by atoms with Crippen LogP contribution < -0.4 is 78.9 Å². The molecule has 14 aromatic carbocycles. The number of benzene rings is 14. The molecule has 7 nitrogen and oxygen atoms in total. The van der Waals surface area contributed by atoms with E-state index in [0.717, 1.165) is 66.6 Å². The first-order valence-electron chi connectivity index (χ1n) is 34.2. The van der Waals surface area contributed by atoms with Gasteiger partial charge in [0.25, 0.3) is 20.1 Å². The molecule has 0 amide bonds. The minimum atomic E-state index is -1.84. The van der Waals surface area contributed by atoms with Crippen molar-refractivity contribution in [3.05, 3.63) is 309 Å². The predicted octanol–water partition coefficient (Wildman–Crippen LogP) is 16.5. The number of furan rings is 2. The van der Waals surface area contributed by atoms with Crippen LogP contribution in [0.25, 0.3) is 43.9 Å². The van der Waals surface area contributed by atoms with Gasteiger partial charge in [-0.15, -0.1) is 0 Å². The second-order valence-electron chi connectivity index (χ2n) is 27.8. The largest absolute Gasteiger partial charge is 0.454 e. The van der Waals surface area contributed by atoms with Crippen LogP contribution in [0.5, 0.6) is 0 Å². The van der Waals surface area contributed by atoms with Gasteiger partial charge in [0, 0.05) is 95.5 Å². The summed E-state index contributed by atoms with van der Waals surface area (Å²) >= 11 is 0. The Morgan fingerprint density at radius 3 is 0.949 bits per heavy atom. The number of hydrogen-bond donors (Lipinski definition) is 0. The average molecular weight is 1270 g/mol. The van der Waals surface area contributed by atoms with E-state index in [1.165, 1.54) is 117 Å². The molecular weight excluding hydrogens is 1210 g/mol. The molecule has 0 spiro atoms. The van der Waals surface area contributed by atoms with E-state index in [1.807, 2.05) is 0 Å². The summed E-state index contributed by atoms with van der Waals surface area (Å²) in [5, 5.41) is 5.93. The van der Waals surface area contributed by atoms with Crippen LogP contribution >= 0.6 is 0 Å².